The molecule has 0 spiro atoms. The van der Waals surface area contributed by atoms with Gasteiger partial charge in [-0.2, -0.15) is 0 Å². The zero-order valence-corrected chi connectivity index (χ0v) is 14.2. The summed E-state index contributed by atoms with van der Waals surface area (Å²) in [5.74, 6) is 2.18. The third kappa shape index (κ3) is 2.93. The Labute approximate surface area is 142 Å². The summed E-state index contributed by atoms with van der Waals surface area (Å²) in [7, 11) is 0. The van der Waals surface area contributed by atoms with Crippen LogP contribution in [-0.2, 0) is 4.79 Å². The number of rotatable bonds is 2. The molecule has 4 rings (SSSR count). The highest BCUT2D eigenvalue weighted by molar-refractivity contribution is 6.33. The van der Waals surface area contributed by atoms with Gasteiger partial charge in [-0.05, 0) is 43.6 Å². The van der Waals surface area contributed by atoms with Crippen molar-refractivity contribution in [3.63, 3.8) is 0 Å². The van der Waals surface area contributed by atoms with Crippen LogP contribution in [-0.4, -0.2) is 42.0 Å². The Hall–Kier alpha value is -1.29. The van der Waals surface area contributed by atoms with Gasteiger partial charge in [0.25, 0.3) is 0 Å². The molecule has 3 heterocycles. The summed E-state index contributed by atoms with van der Waals surface area (Å²) < 4.78 is 0. The van der Waals surface area contributed by atoms with Gasteiger partial charge in [-0.1, -0.05) is 18.0 Å². The normalized spacial score (nSPS) is 28.2. The maximum atomic E-state index is 12.8. The van der Waals surface area contributed by atoms with Gasteiger partial charge in [-0.3, -0.25) is 9.78 Å². The van der Waals surface area contributed by atoms with E-state index in [0.717, 1.165) is 56.5 Å². The first-order valence-electron chi connectivity index (χ1n) is 8.85. The van der Waals surface area contributed by atoms with E-state index >= 15 is 0 Å². The number of amides is 1. The molecule has 0 N–H and O–H groups in total. The molecule has 1 aliphatic carbocycles. The lowest BCUT2D eigenvalue weighted by molar-refractivity contribution is -0.135. The van der Waals surface area contributed by atoms with Crippen molar-refractivity contribution < 1.29 is 4.79 Å². The van der Waals surface area contributed by atoms with Crippen molar-refractivity contribution in [3.8, 4) is 0 Å². The molecule has 124 valence electrons. The number of carbonyl (C=O) groups is 1. The topological polar surface area (TPSA) is 36.4 Å². The van der Waals surface area contributed by atoms with E-state index in [9.17, 15) is 4.79 Å². The summed E-state index contributed by atoms with van der Waals surface area (Å²) in [4.78, 5) is 21.3. The summed E-state index contributed by atoms with van der Waals surface area (Å²) in [6, 6.07) is 1.96. The van der Waals surface area contributed by atoms with E-state index in [1.807, 2.05) is 6.07 Å². The maximum Gasteiger partial charge on any atom is 0.225 e. The van der Waals surface area contributed by atoms with Crippen LogP contribution in [0, 0.1) is 17.8 Å². The number of piperidine rings is 1. The van der Waals surface area contributed by atoms with Crippen LogP contribution in [0.5, 0.6) is 0 Å². The molecule has 2 unspecified atom stereocenters. The van der Waals surface area contributed by atoms with E-state index in [2.05, 4.69) is 14.8 Å². The number of hydrogen-bond donors (Lipinski definition) is 0. The van der Waals surface area contributed by atoms with Crippen molar-refractivity contribution in [3.05, 3.63) is 23.5 Å². The minimum atomic E-state index is 0.200. The first-order valence-corrected chi connectivity index (χ1v) is 9.23. The highest BCUT2D eigenvalue weighted by Gasteiger charge is 2.40. The van der Waals surface area contributed by atoms with Crippen LogP contribution in [0.3, 0.4) is 0 Å². The molecule has 2 atom stereocenters. The quantitative estimate of drug-likeness (QED) is 0.834. The van der Waals surface area contributed by atoms with Gasteiger partial charge in [0.1, 0.15) is 0 Å². The van der Waals surface area contributed by atoms with Crippen LogP contribution in [0.1, 0.15) is 32.1 Å². The van der Waals surface area contributed by atoms with Gasteiger partial charge in [0.05, 0.1) is 10.7 Å². The smallest absolute Gasteiger partial charge is 0.225 e. The van der Waals surface area contributed by atoms with Crippen LogP contribution in [0.2, 0.25) is 5.02 Å². The molecule has 2 saturated heterocycles. The molecule has 4 nitrogen and oxygen atoms in total. The first kappa shape index (κ1) is 15.3. The Bertz CT molecular complexity index is 573. The summed E-state index contributed by atoms with van der Waals surface area (Å²) in [6.07, 6.45) is 9.36. The monoisotopic (exact) mass is 333 g/mol. The van der Waals surface area contributed by atoms with Crippen molar-refractivity contribution in [1.82, 2.24) is 9.88 Å². The SMILES string of the molecule is O=C(C1CCN(c2ccncc2Cl)CC1)N1CC2CCCC2C1. The van der Waals surface area contributed by atoms with Crippen LogP contribution in [0.25, 0.3) is 0 Å². The molecular weight excluding hydrogens is 310 g/mol. The number of carbonyl (C=O) groups excluding carboxylic acids is 1. The Balaban J connectivity index is 1.35. The molecule has 5 heteroatoms. The Morgan fingerprint density at radius 1 is 1.13 bits per heavy atom. The molecular formula is C18H24ClN3O. The van der Waals surface area contributed by atoms with Gasteiger partial charge in [0.2, 0.25) is 5.91 Å². The second kappa shape index (κ2) is 6.31. The number of anilines is 1. The Kier molecular flexibility index (Phi) is 4.18. The van der Waals surface area contributed by atoms with Gasteiger partial charge in [-0.25, -0.2) is 0 Å². The zero-order valence-electron chi connectivity index (χ0n) is 13.5. The molecule has 0 radical (unpaired) electrons. The van der Waals surface area contributed by atoms with Gasteiger partial charge < -0.3 is 9.80 Å². The fourth-order valence-corrected chi connectivity index (χ4v) is 4.90. The fourth-order valence-electron chi connectivity index (χ4n) is 4.66. The maximum absolute atomic E-state index is 12.8. The fraction of sp³-hybridized carbons (Fsp3) is 0.667. The predicted molar refractivity (Wildman–Crippen MR) is 91.6 cm³/mol. The average Bonchev–Trinajstić information content (AvgIpc) is 3.16. The molecule has 3 fully saturated rings. The highest BCUT2D eigenvalue weighted by atomic mass is 35.5. The van der Waals surface area contributed by atoms with E-state index in [-0.39, 0.29) is 5.92 Å². The van der Waals surface area contributed by atoms with Crippen LogP contribution in [0.4, 0.5) is 5.69 Å². The second-order valence-electron chi connectivity index (χ2n) is 7.28. The average molecular weight is 334 g/mol. The molecule has 2 aliphatic heterocycles. The van der Waals surface area contributed by atoms with Crippen molar-refractivity contribution in [2.24, 2.45) is 17.8 Å². The summed E-state index contributed by atoms with van der Waals surface area (Å²) >= 11 is 6.24. The number of hydrogen-bond acceptors (Lipinski definition) is 3. The largest absolute Gasteiger partial charge is 0.370 e. The lowest BCUT2D eigenvalue weighted by Gasteiger charge is -2.35. The Morgan fingerprint density at radius 3 is 2.48 bits per heavy atom. The minimum absolute atomic E-state index is 0.200. The lowest BCUT2D eigenvalue weighted by Crippen LogP contribution is -2.42. The third-order valence-corrected chi connectivity index (χ3v) is 6.27. The molecule has 23 heavy (non-hydrogen) atoms. The standard InChI is InChI=1S/C18H24ClN3O/c19-16-10-20-7-4-17(16)21-8-5-13(6-9-21)18(23)22-11-14-2-1-3-15(14)12-22/h4,7,10,13-15H,1-3,5-6,8-9,11-12H2. The molecule has 1 amide bonds. The molecule has 0 bridgehead atoms. The number of fused-ring (bicyclic) bond motifs is 1. The van der Waals surface area contributed by atoms with E-state index in [1.54, 1.807) is 12.4 Å². The van der Waals surface area contributed by atoms with Gasteiger partial charge in [0, 0.05) is 44.5 Å². The van der Waals surface area contributed by atoms with E-state index in [4.69, 9.17) is 11.6 Å². The van der Waals surface area contributed by atoms with Crippen molar-refractivity contribution in [2.45, 2.75) is 32.1 Å². The Morgan fingerprint density at radius 2 is 1.83 bits per heavy atom. The number of likely N-dealkylation sites (tertiary alicyclic amines) is 1. The number of pyridine rings is 1. The molecule has 1 aromatic rings. The van der Waals surface area contributed by atoms with Crippen molar-refractivity contribution in [1.29, 1.82) is 0 Å². The van der Waals surface area contributed by atoms with Crippen LogP contribution < -0.4 is 4.90 Å². The number of nitrogens with zero attached hydrogens (tertiary/aromatic N) is 3. The summed E-state index contributed by atoms with van der Waals surface area (Å²) in [6.45, 7) is 3.83. The molecule has 0 aromatic carbocycles. The van der Waals surface area contributed by atoms with Crippen LogP contribution in [0.15, 0.2) is 18.5 Å². The van der Waals surface area contributed by atoms with Gasteiger partial charge in [0.15, 0.2) is 0 Å². The van der Waals surface area contributed by atoms with E-state index in [1.165, 1.54) is 19.3 Å². The van der Waals surface area contributed by atoms with Gasteiger partial charge in [-0.15, -0.1) is 0 Å². The molecule has 1 saturated carbocycles. The summed E-state index contributed by atoms with van der Waals surface area (Å²) in [5, 5.41) is 0.699. The van der Waals surface area contributed by atoms with Gasteiger partial charge >= 0.3 is 0 Å². The van der Waals surface area contributed by atoms with Crippen molar-refractivity contribution in [2.75, 3.05) is 31.1 Å². The summed E-state index contributed by atoms with van der Waals surface area (Å²) in [5.41, 5.74) is 1.04. The number of aromatic nitrogens is 1. The second-order valence-corrected chi connectivity index (χ2v) is 7.69. The van der Waals surface area contributed by atoms with Crippen molar-refractivity contribution >= 4 is 23.2 Å². The minimum Gasteiger partial charge on any atom is -0.370 e. The first-order chi connectivity index (χ1) is 11.2. The third-order valence-electron chi connectivity index (χ3n) is 5.97. The zero-order chi connectivity index (χ0) is 15.8. The van der Waals surface area contributed by atoms with E-state index < -0.39 is 0 Å². The predicted octanol–water partition coefficient (Wildman–Crippen LogP) is 3.21. The molecule has 3 aliphatic rings. The number of halogens is 1. The lowest BCUT2D eigenvalue weighted by atomic mass is 9.95. The van der Waals surface area contributed by atoms with E-state index in [0.29, 0.717) is 10.9 Å². The van der Waals surface area contributed by atoms with Crippen LogP contribution >= 0.6 is 11.6 Å². The molecule has 1 aromatic heterocycles. The highest BCUT2D eigenvalue weighted by Crippen LogP contribution is 2.39.